The van der Waals surface area contributed by atoms with Crippen molar-refractivity contribution in [2.24, 2.45) is 0 Å². The van der Waals surface area contributed by atoms with Gasteiger partial charge in [-0.15, -0.1) is 0 Å². The molecule has 2 rings (SSSR count). The van der Waals surface area contributed by atoms with E-state index in [1.807, 2.05) is 19.2 Å². The van der Waals surface area contributed by atoms with Crippen molar-refractivity contribution >= 4 is 0 Å². The minimum absolute atomic E-state index is 0.443. The lowest BCUT2D eigenvalue weighted by Gasteiger charge is -2.19. The third-order valence-corrected chi connectivity index (χ3v) is 4.14. The van der Waals surface area contributed by atoms with Gasteiger partial charge in [-0.25, -0.2) is 0 Å². The zero-order valence-corrected chi connectivity index (χ0v) is 13.4. The fraction of sp³-hybridized carbons (Fsp3) is 0.368. The molecular formula is C19H25NO. The molecule has 0 saturated heterocycles. The number of ether oxygens (including phenoxy) is 1. The first kappa shape index (κ1) is 15.6. The summed E-state index contributed by atoms with van der Waals surface area (Å²) in [6.07, 6.45) is 2.08. The standard InChI is InChI=1S/C19H25NO/c1-14-6-5-7-15(2)19(14)13-17(20-3)12-16-8-10-18(21-4)11-9-16/h5-11,17,20H,12-13H2,1-4H3. The van der Waals surface area contributed by atoms with E-state index in [0.29, 0.717) is 6.04 Å². The highest BCUT2D eigenvalue weighted by atomic mass is 16.5. The molecule has 0 aliphatic carbocycles. The molecule has 0 aromatic heterocycles. The highest BCUT2D eigenvalue weighted by Crippen LogP contribution is 2.18. The molecule has 0 aliphatic rings. The first-order valence-corrected chi connectivity index (χ1v) is 7.49. The molecule has 112 valence electrons. The van der Waals surface area contributed by atoms with E-state index in [9.17, 15) is 0 Å². The van der Waals surface area contributed by atoms with Crippen molar-refractivity contribution in [3.63, 3.8) is 0 Å². The summed E-state index contributed by atoms with van der Waals surface area (Å²) < 4.78 is 5.21. The quantitative estimate of drug-likeness (QED) is 0.873. The van der Waals surface area contributed by atoms with Crippen LogP contribution in [-0.2, 0) is 12.8 Å². The zero-order chi connectivity index (χ0) is 15.2. The van der Waals surface area contributed by atoms with Gasteiger partial charge >= 0.3 is 0 Å². The van der Waals surface area contributed by atoms with Crippen LogP contribution in [0.2, 0.25) is 0 Å². The summed E-state index contributed by atoms with van der Waals surface area (Å²) in [6, 6.07) is 15.3. The monoisotopic (exact) mass is 283 g/mol. The number of aryl methyl sites for hydroxylation is 2. The molecule has 0 spiro atoms. The molecule has 0 aliphatic heterocycles. The van der Waals surface area contributed by atoms with Crippen molar-refractivity contribution < 1.29 is 4.74 Å². The van der Waals surface area contributed by atoms with Crippen LogP contribution in [0.15, 0.2) is 42.5 Å². The van der Waals surface area contributed by atoms with Crippen LogP contribution in [0.5, 0.6) is 5.75 Å². The van der Waals surface area contributed by atoms with E-state index in [0.717, 1.165) is 18.6 Å². The minimum atomic E-state index is 0.443. The zero-order valence-electron chi connectivity index (χ0n) is 13.4. The van der Waals surface area contributed by atoms with E-state index in [1.165, 1.54) is 22.3 Å². The Bertz CT molecular complexity index is 554. The molecule has 0 heterocycles. The van der Waals surface area contributed by atoms with Gasteiger partial charge in [-0.3, -0.25) is 0 Å². The molecule has 0 bridgehead atoms. The van der Waals surface area contributed by atoms with Gasteiger partial charge in [0.15, 0.2) is 0 Å². The summed E-state index contributed by atoms with van der Waals surface area (Å²) in [6.45, 7) is 4.39. The summed E-state index contributed by atoms with van der Waals surface area (Å²) in [5.74, 6) is 0.912. The third-order valence-electron chi connectivity index (χ3n) is 4.14. The van der Waals surface area contributed by atoms with E-state index in [1.54, 1.807) is 7.11 Å². The molecule has 2 aromatic carbocycles. The minimum Gasteiger partial charge on any atom is -0.497 e. The van der Waals surface area contributed by atoms with Gasteiger partial charge in [0.1, 0.15) is 5.75 Å². The van der Waals surface area contributed by atoms with E-state index >= 15 is 0 Å². The van der Waals surface area contributed by atoms with Crippen LogP contribution in [0.3, 0.4) is 0 Å². The lowest BCUT2D eigenvalue weighted by molar-refractivity contribution is 0.414. The van der Waals surface area contributed by atoms with E-state index < -0.39 is 0 Å². The summed E-state index contributed by atoms with van der Waals surface area (Å²) in [4.78, 5) is 0. The van der Waals surface area contributed by atoms with Gasteiger partial charge in [0, 0.05) is 6.04 Å². The molecule has 0 saturated carbocycles. The summed E-state index contributed by atoms with van der Waals surface area (Å²) in [5, 5.41) is 3.45. The number of likely N-dealkylation sites (N-methyl/N-ethyl adjacent to an activating group) is 1. The number of methoxy groups -OCH3 is 1. The van der Waals surface area contributed by atoms with Crippen LogP contribution in [0.1, 0.15) is 22.3 Å². The maximum absolute atomic E-state index is 5.21. The SMILES string of the molecule is CNC(Cc1ccc(OC)cc1)Cc1c(C)cccc1C. The average Bonchev–Trinajstić information content (AvgIpc) is 2.50. The number of hydrogen-bond donors (Lipinski definition) is 1. The van der Waals surface area contributed by atoms with Gasteiger partial charge in [-0.1, -0.05) is 30.3 Å². The van der Waals surface area contributed by atoms with E-state index in [-0.39, 0.29) is 0 Å². The largest absolute Gasteiger partial charge is 0.497 e. The molecule has 1 unspecified atom stereocenters. The Morgan fingerprint density at radius 2 is 1.57 bits per heavy atom. The van der Waals surface area contributed by atoms with Gasteiger partial charge in [0.05, 0.1) is 7.11 Å². The molecule has 1 atom stereocenters. The molecular weight excluding hydrogens is 258 g/mol. The summed E-state index contributed by atoms with van der Waals surface area (Å²) in [5.41, 5.74) is 5.56. The van der Waals surface area contributed by atoms with Gasteiger partial charge in [0.25, 0.3) is 0 Å². The summed E-state index contributed by atoms with van der Waals surface area (Å²) in [7, 11) is 3.74. The number of hydrogen-bond acceptors (Lipinski definition) is 2. The second-order valence-corrected chi connectivity index (χ2v) is 5.61. The van der Waals surface area contributed by atoms with Crippen LogP contribution in [-0.4, -0.2) is 20.2 Å². The Morgan fingerprint density at radius 1 is 0.952 bits per heavy atom. The Hall–Kier alpha value is -1.80. The highest BCUT2D eigenvalue weighted by Gasteiger charge is 2.11. The first-order valence-electron chi connectivity index (χ1n) is 7.49. The van der Waals surface area contributed by atoms with Crippen molar-refractivity contribution in [1.29, 1.82) is 0 Å². The fourth-order valence-corrected chi connectivity index (χ4v) is 2.74. The lowest BCUT2D eigenvalue weighted by atomic mass is 9.93. The van der Waals surface area contributed by atoms with Crippen LogP contribution < -0.4 is 10.1 Å². The number of rotatable bonds is 6. The smallest absolute Gasteiger partial charge is 0.118 e. The van der Waals surface area contributed by atoms with Crippen molar-refractivity contribution in [3.8, 4) is 5.75 Å². The molecule has 0 fully saturated rings. The van der Waals surface area contributed by atoms with E-state index in [2.05, 4.69) is 49.5 Å². The molecule has 2 aromatic rings. The molecule has 1 N–H and O–H groups in total. The van der Waals surface area contributed by atoms with Crippen molar-refractivity contribution in [2.75, 3.05) is 14.2 Å². The second-order valence-electron chi connectivity index (χ2n) is 5.61. The number of benzene rings is 2. The number of nitrogens with one attached hydrogen (secondary N) is 1. The van der Waals surface area contributed by atoms with Crippen LogP contribution >= 0.6 is 0 Å². The Balaban J connectivity index is 2.09. The Labute approximate surface area is 128 Å². The Kier molecular flexibility index (Phi) is 5.40. The van der Waals surface area contributed by atoms with Gasteiger partial charge in [-0.2, -0.15) is 0 Å². The predicted molar refractivity (Wildman–Crippen MR) is 89.2 cm³/mol. The first-order chi connectivity index (χ1) is 10.1. The lowest BCUT2D eigenvalue weighted by Crippen LogP contribution is -2.30. The topological polar surface area (TPSA) is 21.3 Å². The molecule has 0 radical (unpaired) electrons. The maximum atomic E-state index is 5.21. The van der Waals surface area contributed by atoms with Gasteiger partial charge in [-0.05, 0) is 68.1 Å². The molecule has 0 amide bonds. The molecule has 2 heteroatoms. The van der Waals surface area contributed by atoms with Crippen LogP contribution in [0.4, 0.5) is 0 Å². The van der Waals surface area contributed by atoms with Crippen LogP contribution in [0.25, 0.3) is 0 Å². The van der Waals surface area contributed by atoms with Crippen molar-refractivity contribution in [2.45, 2.75) is 32.7 Å². The molecule has 2 nitrogen and oxygen atoms in total. The third kappa shape index (κ3) is 4.08. The Morgan fingerprint density at radius 3 is 2.10 bits per heavy atom. The van der Waals surface area contributed by atoms with Gasteiger partial charge in [0.2, 0.25) is 0 Å². The highest BCUT2D eigenvalue weighted by molar-refractivity contribution is 5.35. The normalized spacial score (nSPS) is 12.2. The average molecular weight is 283 g/mol. The maximum Gasteiger partial charge on any atom is 0.118 e. The van der Waals surface area contributed by atoms with Crippen LogP contribution in [0, 0.1) is 13.8 Å². The van der Waals surface area contributed by atoms with Crippen molar-refractivity contribution in [3.05, 3.63) is 64.7 Å². The second kappa shape index (κ2) is 7.28. The van der Waals surface area contributed by atoms with Crippen molar-refractivity contribution in [1.82, 2.24) is 5.32 Å². The fourth-order valence-electron chi connectivity index (χ4n) is 2.74. The van der Waals surface area contributed by atoms with Gasteiger partial charge < -0.3 is 10.1 Å². The summed E-state index contributed by atoms with van der Waals surface area (Å²) >= 11 is 0. The molecule has 21 heavy (non-hydrogen) atoms. The van der Waals surface area contributed by atoms with E-state index in [4.69, 9.17) is 4.74 Å². The predicted octanol–water partition coefficient (Wildman–Crippen LogP) is 3.69.